The molecule has 0 saturated heterocycles. The molecule has 0 fully saturated rings. The summed E-state index contributed by atoms with van der Waals surface area (Å²) in [5, 5.41) is 9.56. The molecule has 21 heavy (non-hydrogen) atoms. The molecule has 1 aromatic rings. The highest BCUT2D eigenvalue weighted by molar-refractivity contribution is 7.89. The van der Waals surface area contributed by atoms with E-state index in [-0.39, 0.29) is 18.2 Å². The third kappa shape index (κ3) is 4.28. The summed E-state index contributed by atoms with van der Waals surface area (Å²) in [6.45, 7) is 8.67. The van der Waals surface area contributed by atoms with Crippen LogP contribution < -0.4 is 4.72 Å². The van der Waals surface area contributed by atoms with Crippen LogP contribution in [0.15, 0.2) is 11.2 Å². The van der Waals surface area contributed by atoms with Crippen molar-refractivity contribution >= 4 is 10.0 Å². The minimum Gasteiger partial charge on any atom is -0.396 e. The van der Waals surface area contributed by atoms with Gasteiger partial charge in [0.25, 0.3) is 10.0 Å². The molecule has 2 N–H and O–H groups in total. The zero-order chi connectivity index (χ0) is 16.1. The number of aliphatic hydroxyl groups excluding tert-OH is 1. The van der Waals surface area contributed by atoms with Crippen molar-refractivity contribution < 1.29 is 13.5 Å². The number of sulfonamides is 1. The van der Waals surface area contributed by atoms with Gasteiger partial charge in [0.2, 0.25) is 0 Å². The van der Waals surface area contributed by atoms with Crippen LogP contribution in [0.2, 0.25) is 0 Å². The van der Waals surface area contributed by atoms with Gasteiger partial charge in [0.1, 0.15) is 5.82 Å². The third-order valence-electron chi connectivity index (χ3n) is 4.17. The van der Waals surface area contributed by atoms with Gasteiger partial charge in [-0.3, -0.25) is 0 Å². The predicted octanol–water partition coefficient (Wildman–Crippen LogP) is 1.68. The molecule has 6 nitrogen and oxygen atoms in total. The smallest absolute Gasteiger partial charge is 0.259 e. The fraction of sp³-hybridized carbons (Fsp3) is 0.786. The summed E-state index contributed by atoms with van der Waals surface area (Å²) in [6, 6.07) is 0. The van der Waals surface area contributed by atoms with E-state index in [2.05, 4.69) is 9.71 Å². The van der Waals surface area contributed by atoms with E-state index in [1.54, 1.807) is 13.1 Å². The lowest BCUT2D eigenvalue weighted by atomic mass is 9.84. The van der Waals surface area contributed by atoms with Crippen LogP contribution in [0.1, 0.15) is 45.9 Å². The van der Waals surface area contributed by atoms with E-state index in [0.717, 1.165) is 13.0 Å². The first-order valence-electron chi connectivity index (χ1n) is 7.48. The summed E-state index contributed by atoms with van der Waals surface area (Å²) in [5.74, 6) is 0.691. The Kier molecular flexibility index (Phi) is 6.37. The van der Waals surface area contributed by atoms with Crippen LogP contribution in [0.3, 0.4) is 0 Å². The number of aliphatic hydroxyl groups is 1. The van der Waals surface area contributed by atoms with Crippen LogP contribution in [-0.2, 0) is 16.6 Å². The van der Waals surface area contributed by atoms with Crippen LogP contribution >= 0.6 is 0 Å². The van der Waals surface area contributed by atoms with Crippen molar-refractivity contribution in [3.63, 3.8) is 0 Å². The zero-order valence-electron chi connectivity index (χ0n) is 13.4. The van der Waals surface area contributed by atoms with Gasteiger partial charge < -0.3 is 9.67 Å². The molecule has 0 aliphatic carbocycles. The molecule has 1 rings (SSSR count). The van der Waals surface area contributed by atoms with E-state index >= 15 is 0 Å². The normalized spacial score (nSPS) is 12.8. The van der Waals surface area contributed by atoms with Crippen LogP contribution in [0.25, 0.3) is 0 Å². The minimum atomic E-state index is -3.64. The van der Waals surface area contributed by atoms with Crippen molar-refractivity contribution in [3.05, 3.63) is 12.0 Å². The Hall–Kier alpha value is -0.920. The largest absolute Gasteiger partial charge is 0.396 e. The molecule has 0 unspecified atom stereocenters. The highest BCUT2D eigenvalue weighted by atomic mass is 32.2. The van der Waals surface area contributed by atoms with Crippen molar-refractivity contribution in [1.82, 2.24) is 14.3 Å². The Morgan fingerprint density at radius 2 is 1.95 bits per heavy atom. The molecular weight excluding hydrogens is 290 g/mol. The lowest BCUT2D eigenvalue weighted by Crippen LogP contribution is -2.39. The van der Waals surface area contributed by atoms with E-state index in [4.69, 9.17) is 0 Å². The maximum Gasteiger partial charge on any atom is 0.259 e. The first-order chi connectivity index (χ1) is 9.84. The molecule has 1 heterocycles. The quantitative estimate of drug-likeness (QED) is 0.726. The number of imidazole rings is 1. The van der Waals surface area contributed by atoms with Gasteiger partial charge in [-0.1, -0.05) is 20.8 Å². The maximum absolute atomic E-state index is 12.3. The first-order valence-corrected chi connectivity index (χ1v) is 8.96. The standard InChI is InChI=1S/C14H27N3O3S/c1-5-8-17-9-13(16-12(17)4)21(19,20)15-10-14(6-2,7-3)11-18/h9,15,18H,5-8,10-11H2,1-4H3. The van der Waals surface area contributed by atoms with Gasteiger partial charge >= 0.3 is 0 Å². The summed E-state index contributed by atoms with van der Waals surface area (Å²) in [4.78, 5) is 4.13. The summed E-state index contributed by atoms with van der Waals surface area (Å²) < 4.78 is 29.1. The van der Waals surface area contributed by atoms with E-state index in [9.17, 15) is 13.5 Å². The zero-order valence-corrected chi connectivity index (χ0v) is 14.2. The van der Waals surface area contributed by atoms with Crippen molar-refractivity contribution in [1.29, 1.82) is 0 Å². The average molecular weight is 317 g/mol. The second-order valence-electron chi connectivity index (χ2n) is 5.51. The molecule has 0 bridgehead atoms. The van der Waals surface area contributed by atoms with Crippen LogP contribution in [0, 0.1) is 12.3 Å². The summed E-state index contributed by atoms with van der Waals surface area (Å²) in [6.07, 6.45) is 3.92. The van der Waals surface area contributed by atoms with E-state index in [0.29, 0.717) is 18.7 Å². The Labute approximate surface area is 127 Å². The van der Waals surface area contributed by atoms with Gasteiger partial charge in [0.15, 0.2) is 5.03 Å². The lowest BCUT2D eigenvalue weighted by Gasteiger charge is -2.29. The average Bonchev–Trinajstić information content (AvgIpc) is 2.84. The molecule has 1 aromatic heterocycles. The highest BCUT2D eigenvalue weighted by Crippen LogP contribution is 2.25. The molecule has 7 heteroatoms. The molecule has 0 amide bonds. The van der Waals surface area contributed by atoms with Crippen molar-refractivity contribution in [2.45, 2.75) is 58.5 Å². The first kappa shape index (κ1) is 18.1. The Bertz CT molecular complexity index is 540. The van der Waals surface area contributed by atoms with Gasteiger partial charge in [-0.25, -0.2) is 18.1 Å². The third-order valence-corrected chi connectivity index (χ3v) is 5.44. The Morgan fingerprint density at radius 1 is 1.33 bits per heavy atom. The SMILES string of the molecule is CCCn1cc(S(=O)(=O)NCC(CC)(CC)CO)nc1C. The van der Waals surface area contributed by atoms with Gasteiger partial charge in [0.05, 0.1) is 0 Å². The van der Waals surface area contributed by atoms with Crippen molar-refractivity contribution in [2.24, 2.45) is 5.41 Å². The van der Waals surface area contributed by atoms with Gasteiger partial charge in [0, 0.05) is 31.3 Å². The number of nitrogens with zero attached hydrogens (tertiary/aromatic N) is 2. The number of aryl methyl sites for hydroxylation is 2. The maximum atomic E-state index is 12.3. The van der Waals surface area contributed by atoms with Gasteiger partial charge in [-0.2, -0.15) is 0 Å². The van der Waals surface area contributed by atoms with E-state index in [1.807, 2.05) is 25.3 Å². The molecule has 0 spiro atoms. The molecule has 0 aliphatic heterocycles. The number of hydrogen-bond donors (Lipinski definition) is 2. The minimum absolute atomic E-state index is 0.0359. The number of rotatable bonds is 9. The number of nitrogens with one attached hydrogen (secondary N) is 1. The Balaban J connectivity index is 2.89. The molecule has 0 aliphatic rings. The summed E-state index contributed by atoms with van der Waals surface area (Å²) in [5.41, 5.74) is -0.409. The van der Waals surface area contributed by atoms with Gasteiger partial charge in [-0.15, -0.1) is 0 Å². The second kappa shape index (κ2) is 7.38. The van der Waals surface area contributed by atoms with Crippen molar-refractivity contribution in [2.75, 3.05) is 13.2 Å². The predicted molar refractivity (Wildman–Crippen MR) is 82.5 cm³/mol. The second-order valence-corrected chi connectivity index (χ2v) is 7.22. The molecule has 122 valence electrons. The lowest BCUT2D eigenvalue weighted by molar-refractivity contribution is 0.119. The Morgan fingerprint density at radius 3 is 2.43 bits per heavy atom. The van der Waals surface area contributed by atoms with E-state index < -0.39 is 15.4 Å². The molecular formula is C14H27N3O3S. The van der Waals surface area contributed by atoms with Crippen LogP contribution in [-0.4, -0.2) is 36.2 Å². The van der Waals surface area contributed by atoms with Gasteiger partial charge in [-0.05, 0) is 26.2 Å². The van der Waals surface area contributed by atoms with Crippen molar-refractivity contribution in [3.8, 4) is 0 Å². The molecule has 0 saturated carbocycles. The fourth-order valence-corrected chi connectivity index (χ4v) is 3.34. The monoisotopic (exact) mass is 317 g/mol. The molecule has 0 aromatic carbocycles. The van der Waals surface area contributed by atoms with Crippen LogP contribution in [0.4, 0.5) is 0 Å². The highest BCUT2D eigenvalue weighted by Gasteiger charge is 2.28. The summed E-state index contributed by atoms with van der Waals surface area (Å²) >= 11 is 0. The molecule has 0 atom stereocenters. The topological polar surface area (TPSA) is 84.2 Å². The number of aromatic nitrogens is 2. The van der Waals surface area contributed by atoms with Crippen LogP contribution in [0.5, 0.6) is 0 Å². The fourth-order valence-electron chi connectivity index (χ4n) is 2.18. The molecule has 0 radical (unpaired) electrons. The summed E-state index contributed by atoms with van der Waals surface area (Å²) in [7, 11) is -3.64. The van der Waals surface area contributed by atoms with E-state index in [1.165, 1.54) is 0 Å². The number of hydrogen-bond acceptors (Lipinski definition) is 4.